The molecule has 0 unspecified atom stereocenters. The molecule has 0 fully saturated rings. The lowest BCUT2D eigenvalue weighted by Gasteiger charge is -2.09. The topological polar surface area (TPSA) is 72.0 Å². The van der Waals surface area contributed by atoms with Gasteiger partial charge in [-0.15, -0.1) is 0 Å². The Morgan fingerprint density at radius 2 is 1.79 bits per heavy atom. The number of halogens is 3. The van der Waals surface area contributed by atoms with Gasteiger partial charge in [-0.25, -0.2) is 18.4 Å². The molecular formula is C10H6Cl3N3O2S. The molecule has 1 aromatic heterocycles. The first-order chi connectivity index (χ1) is 8.90. The van der Waals surface area contributed by atoms with Crippen molar-refractivity contribution in [1.29, 1.82) is 0 Å². The quantitative estimate of drug-likeness (QED) is 0.932. The molecule has 1 heterocycles. The minimum absolute atomic E-state index is 0.0282. The van der Waals surface area contributed by atoms with Gasteiger partial charge in [-0.05, 0) is 12.1 Å². The van der Waals surface area contributed by atoms with Crippen LogP contribution in [0.15, 0.2) is 35.5 Å². The first-order valence-electron chi connectivity index (χ1n) is 4.84. The number of nitrogens with zero attached hydrogens (tertiary/aromatic N) is 2. The van der Waals surface area contributed by atoms with E-state index in [2.05, 4.69) is 14.7 Å². The minimum Gasteiger partial charge on any atom is -0.262 e. The second-order valence-electron chi connectivity index (χ2n) is 3.38. The lowest BCUT2D eigenvalue weighted by Crippen LogP contribution is -2.14. The average molecular weight is 339 g/mol. The Labute approximate surface area is 124 Å². The lowest BCUT2D eigenvalue weighted by atomic mass is 10.4. The summed E-state index contributed by atoms with van der Waals surface area (Å²) in [7, 11) is -3.89. The van der Waals surface area contributed by atoms with Crippen molar-refractivity contribution in [3.05, 3.63) is 45.8 Å². The van der Waals surface area contributed by atoms with Crippen molar-refractivity contribution in [2.75, 3.05) is 4.72 Å². The van der Waals surface area contributed by atoms with Crippen molar-refractivity contribution in [1.82, 2.24) is 9.97 Å². The Kier molecular flexibility index (Phi) is 4.15. The molecule has 0 spiro atoms. The van der Waals surface area contributed by atoms with Gasteiger partial charge in [0.25, 0.3) is 10.0 Å². The SMILES string of the molecule is O=S(=O)(Nc1cnc(Cl)cn1)c1cccc(Cl)c1Cl. The zero-order chi connectivity index (χ0) is 14.0. The Balaban J connectivity index is 2.38. The molecule has 0 aliphatic heterocycles. The van der Waals surface area contributed by atoms with E-state index in [1.807, 2.05) is 0 Å². The lowest BCUT2D eigenvalue weighted by molar-refractivity contribution is 0.601. The van der Waals surface area contributed by atoms with Crippen LogP contribution >= 0.6 is 34.8 Å². The number of anilines is 1. The largest absolute Gasteiger partial charge is 0.264 e. The van der Waals surface area contributed by atoms with Crippen LogP contribution in [0.2, 0.25) is 15.2 Å². The number of hydrogen-bond donors (Lipinski definition) is 1. The van der Waals surface area contributed by atoms with Gasteiger partial charge in [0.15, 0.2) is 5.82 Å². The van der Waals surface area contributed by atoms with Crippen LogP contribution in [0.5, 0.6) is 0 Å². The molecule has 0 atom stereocenters. The van der Waals surface area contributed by atoms with Gasteiger partial charge in [0.05, 0.1) is 22.4 Å². The molecule has 1 aromatic carbocycles. The van der Waals surface area contributed by atoms with Crippen LogP contribution in [-0.2, 0) is 10.0 Å². The normalized spacial score (nSPS) is 11.3. The molecule has 1 N–H and O–H groups in total. The fourth-order valence-electron chi connectivity index (χ4n) is 1.25. The van der Waals surface area contributed by atoms with Crippen LogP contribution in [0.4, 0.5) is 5.82 Å². The summed E-state index contributed by atoms with van der Waals surface area (Å²) in [5.74, 6) is 0.0282. The Morgan fingerprint density at radius 1 is 1.05 bits per heavy atom. The van der Waals surface area contributed by atoms with E-state index in [-0.39, 0.29) is 25.9 Å². The molecule has 100 valence electrons. The van der Waals surface area contributed by atoms with Crippen molar-refractivity contribution in [2.45, 2.75) is 4.90 Å². The Bertz CT molecular complexity index is 704. The van der Waals surface area contributed by atoms with Crippen molar-refractivity contribution in [3.8, 4) is 0 Å². The smallest absolute Gasteiger partial charge is 0.262 e. The highest BCUT2D eigenvalue weighted by Crippen LogP contribution is 2.29. The summed E-state index contributed by atoms with van der Waals surface area (Å²) < 4.78 is 26.4. The first-order valence-corrected chi connectivity index (χ1v) is 7.46. The third-order valence-electron chi connectivity index (χ3n) is 2.06. The summed E-state index contributed by atoms with van der Waals surface area (Å²) in [5.41, 5.74) is 0. The highest BCUT2D eigenvalue weighted by Gasteiger charge is 2.20. The van der Waals surface area contributed by atoms with E-state index in [1.54, 1.807) is 0 Å². The number of hydrogen-bond acceptors (Lipinski definition) is 4. The summed E-state index contributed by atoms with van der Waals surface area (Å²) in [5, 5.41) is 0.244. The molecule has 9 heteroatoms. The summed E-state index contributed by atoms with van der Waals surface area (Å²) in [6, 6.07) is 4.31. The van der Waals surface area contributed by atoms with Crippen molar-refractivity contribution in [2.24, 2.45) is 0 Å². The molecule has 0 saturated carbocycles. The van der Waals surface area contributed by atoms with Gasteiger partial charge in [0.1, 0.15) is 10.0 Å². The van der Waals surface area contributed by atoms with Gasteiger partial charge in [-0.3, -0.25) is 4.72 Å². The maximum Gasteiger partial charge on any atom is 0.264 e. The number of benzene rings is 1. The second kappa shape index (κ2) is 5.50. The van der Waals surface area contributed by atoms with Gasteiger partial charge >= 0.3 is 0 Å². The Morgan fingerprint density at radius 3 is 2.42 bits per heavy atom. The fourth-order valence-corrected chi connectivity index (χ4v) is 3.10. The molecule has 0 bridgehead atoms. The summed E-state index contributed by atoms with van der Waals surface area (Å²) >= 11 is 17.2. The van der Waals surface area contributed by atoms with E-state index in [0.717, 1.165) is 0 Å². The van der Waals surface area contributed by atoms with Crippen molar-refractivity contribution in [3.63, 3.8) is 0 Å². The van der Waals surface area contributed by atoms with Crippen molar-refractivity contribution >= 4 is 50.6 Å². The van der Waals surface area contributed by atoms with Crippen LogP contribution in [0.3, 0.4) is 0 Å². The van der Waals surface area contributed by atoms with Gasteiger partial charge < -0.3 is 0 Å². The standard InChI is InChI=1S/C10H6Cl3N3O2S/c11-6-2-1-3-7(10(6)13)19(17,18)16-9-5-14-8(12)4-15-9/h1-5H,(H,15,16). The monoisotopic (exact) mass is 337 g/mol. The van der Waals surface area contributed by atoms with Crippen LogP contribution in [-0.4, -0.2) is 18.4 Å². The zero-order valence-corrected chi connectivity index (χ0v) is 12.2. The van der Waals surface area contributed by atoms with E-state index in [9.17, 15) is 8.42 Å². The molecule has 0 amide bonds. The van der Waals surface area contributed by atoms with E-state index in [4.69, 9.17) is 34.8 Å². The molecule has 2 aromatic rings. The van der Waals surface area contributed by atoms with E-state index in [0.29, 0.717) is 0 Å². The third-order valence-corrected chi connectivity index (χ3v) is 4.59. The minimum atomic E-state index is -3.89. The number of rotatable bonds is 3. The van der Waals surface area contributed by atoms with Gasteiger partial charge in [-0.1, -0.05) is 40.9 Å². The molecule has 0 saturated heterocycles. The van der Waals surface area contributed by atoms with Crippen LogP contribution in [0.1, 0.15) is 0 Å². The van der Waals surface area contributed by atoms with Crippen molar-refractivity contribution < 1.29 is 8.42 Å². The maximum absolute atomic E-state index is 12.1. The number of sulfonamides is 1. The molecule has 2 rings (SSSR count). The predicted molar refractivity (Wildman–Crippen MR) is 74.3 cm³/mol. The van der Waals surface area contributed by atoms with E-state index in [1.165, 1.54) is 30.6 Å². The molecular weight excluding hydrogens is 333 g/mol. The van der Waals surface area contributed by atoms with Crippen LogP contribution in [0, 0.1) is 0 Å². The van der Waals surface area contributed by atoms with E-state index >= 15 is 0 Å². The summed E-state index contributed by atoms with van der Waals surface area (Å²) in [6.07, 6.45) is 2.41. The molecule has 0 aliphatic carbocycles. The fraction of sp³-hybridized carbons (Fsp3) is 0. The number of nitrogens with one attached hydrogen (secondary N) is 1. The number of aromatic nitrogens is 2. The van der Waals surface area contributed by atoms with Gasteiger partial charge in [0, 0.05) is 0 Å². The summed E-state index contributed by atoms with van der Waals surface area (Å²) in [4.78, 5) is 7.35. The zero-order valence-electron chi connectivity index (χ0n) is 9.14. The maximum atomic E-state index is 12.1. The second-order valence-corrected chi connectivity index (χ2v) is 6.21. The molecule has 0 aliphatic rings. The highest BCUT2D eigenvalue weighted by molar-refractivity contribution is 7.92. The summed E-state index contributed by atoms with van der Waals surface area (Å²) in [6.45, 7) is 0. The first kappa shape index (κ1) is 14.3. The van der Waals surface area contributed by atoms with E-state index < -0.39 is 10.0 Å². The highest BCUT2D eigenvalue weighted by atomic mass is 35.5. The van der Waals surface area contributed by atoms with Gasteiger partial charge in [-0.2, -0.15) is 0 Å². The third kappa shape index (κ3) is 3.27. The Hall–Kier alpha value is -1.08. The molecule has 0 radical (unpaired) electrons. The van der Waals surface area contributed by atoms with Gasteiger partial charge in [0.2, 0.25) is 0 Å². The molecule has 5 nitrogen and oxygen atoms in total. The molecule has 19 heavy (non-hydrogen) atoms. The predicted octanol–water partition coefficient (Wildman–Crippen LogP) is 3.24. The van der Waals surface area contributed by atoms with Crippen LogP contribution < -0.4 is 4.72 Å². The average Bonchev–Trinajstić information content (AvgIpc) is 2.35. The van der Waals surface area contributed by atoms with Crippen LogP contribution in [0.25, 0.3) is 0 Å².